The monoisotopic (exact) mass is 888 g/mol. The number of oxazole rings is 1. The van der Waals surface area contributed by atoms with Gasteiger partial charge in [-0.25, -0.2) is 28.2 Å². The van der Waals surface area contributed by atoms with Crippen molar-refractivity contribution in [2.45, 2.75) is 56.9 Å². The molecule has 17 nitrogen and oxygen atoms in total. The molecule has 1 aliphatic carbocycles. The number of nitrogens with zero attached hydrogens (tertiary/aromatic N) is 6. The molecule has 3 aromatic heterocycles. The summed E-state index contributed by atoms with van der Waals surface area (Å²) in [6, 6.07) is 17.5. The van der Waals surface area contributed by atoms with Crippen LogP contribution in [0, 0.1) is 17.8 Å². The van der Waals surface area contributed by atoms with Gasteiger partial charge < -0.3 is 29.8 Å². The Morgan fingerprint density at radius 2 is 1.83 bits per heavy atom. The number of rotatable bonds is 15. The average Bonchev–Trinajstić information content (AvgIpc) is 3.62. The highest BCUT2D eigenvalue weighted by atomic mass is 19.3. The Morgan fingerprint density at radius 1 is 1.00 bits per heavy atom. The molecule has 3 atom stereocenters. The summed E-state index contributed by atoms with van der Waals surface area (Å²) in [6.45, 7) is 4.79. The molecule has 19 heteroatoms. The topological polar surface area (TPSA) is 198 Å². The lowest BCUT2D eigenvalue weighted by molar-refractivity contribution is -0.136. The first-order valence-corrected chi connectivity index (χ1v) is 21.5. The van der Waals surface area contributed by atoms with Gasteiger partial charge in [0.15, 0.2) is 11.4 Å². The van der Waals surface area contributed by atoms with Crippen molar-refractivity contribution in [1.29, 1.82) is 0 Å². The number of hydrogen-bond donors (Lipinski definition) is 4. The number of pyridine rings is 1. The molecule has 0 radical (unpaired) electrons. The van der Waals surface area contributed by atoms with Gasteiger partial charge in [0.1, 0.15) is 24.2 Å². The van der Waals surface area contributed by atoms with Crippen molar-refractivity contribution in [2.75, 3.05) is 56.5 Å². The summed E-state index contributed by atoms with van der Waals surface area (Å²) < 4.78 is 46.6. The van der Waals surface area contributed by atoms with Crippen LogP contribution in [-0.2, 0) is 25.6 Å². The number of cyclic esters (lactones) is 1. The summed E-state index contributed by atoms with van der Waals surface area (Å²) in [5, 5.41) is 15.6. The van der Waals surface area contributed by atoms with Crippen LogP contribution in [0.5, 0.6) is 0 Å². The number of imide groups is 1. The van der Waals surface area contributed by atoms with Gasteiger partial charge in [0.25, 0.3) is 12.3 Å². The third-order valence-electron chi connectivity index (χ3n) is 11.6. The fourth-order valence-corrected chi connectivity index (χ4v) is 7.82. The van der Waals surface area contributed by atoms with E-state index in [1.165, 1.54) is 34.9 Å². The van der Waals surface area contributed by atoms with Crippen LogP contribution in [0.15, 0.2) is 83.7 Å². The molecule has 9 rings (SSSR count). The second-order valence-electron chi connectivity index (χ2n) is 16.4. The molecular formula is C46H46F2N10O7. The predicted molar refractivity (Wildman–Crippen MR) is 231 cm³/mol. The van der Waals surface area contributed by atoms with Gasteiger partial charge in [-0.15, -0.1) is 0 Å². The molecule has 6 heterocycles. The minimum atomic E-state index is -2.94. The van der Waals surface area contributed by atoms with Gasteiger partial charge in [0, 0.05) is 56.5 Å². The number of ether oxygens (including phenoxy) is 2. The molecule has 0 bridgehead atoms. The lowest BCUT2D eigenvalue weighted by Gasteiger charge is -2.31. The summed E-state index contributed by atoms with van der Waals surface area (Å²) >= 11 is 0. The molecule has 4 N–H and O–H groups in total. The van der Waals surface area contributed by atoms with Crippen molar-refractivity contribution < 1.29 is 41.8 Å². The molecule has 1 saturated carbocycles. The minimum Gasteiger partial charge on any atom is -0.444 e. The van der Waals surface area contributed by atoms with E-state index in [4.69, 9.17) is 13.9 Å². The molecular weight excluding hydrogens is 843 g/mol. The van der Waals surface area contributed by atoms with Crippen LogP contribution in [0.4, 0.5) is 25.1 Å². The second-order valence-corrected chi connectivity index (χ2v) is 16.4. The van der Waals surface area contributed by atoms with Gasteiger partial charge in [-0.2, -0.15) is 5.10 Å². The first-order chi connectivity index (χ1) is 31.6. The standard InChI is InChI=1S/C46H46F2N10O7/c47-42(48)41-35(52-43(60)36-27-64-45(53-36)32-15-16-50-39(20-32)51-22-30-3-4-30)25-58(55-41)33-11-7-29(8-12-33)21-49-23-34-24-56(18-19-63-34)17-1-2-28-5-9-31(10-6-28)38-26-57(46(62)65-38)37-13-14-40(59)54-44(37)61/h5-12,15-16,20,25,27,30,34,37-38,42,49H,3-4,13-14,17-19,21-24,26H2,(H,50,51)(H,52,60)(H,54,59,61)/t34-,37?,38+/m0/s1. The van der Waals surface area contributed by atoms with Crippen molar-refractivity contribution in [3.8, 4) is 29.0 Å². The zero-order chi connectivity index (χ0) is 44.9. The number of nitrogens with one attached hydrogen (secondary N) is 4. The lowest BCUT2D eigenvalue weighted by atomic mass is 10.0. The van der Waals surface area contributed by atoms with Crippen molar-refractivity contribution in [3.63, 3.8) is 0 Å². The highest BCUT2D eigenvalue weighted by Crippen LogP contribution is 2.32. The molecule has 4 fully saturated rings. The number of amides is 4. The Hall–Kier alpha value is -7.01. The van der Waals surface area contributed by atoms with E-state index in [0.29, 0.717) is 55.8 Å². The zero-order valence-electron chi connectivity index (χ0n) is 35.2. The number of carbonyl (C=O) groups is 4. The maximum absolute atomic E-state index is 14.1. The molecule has 336 valence electrons. The van der Waals surface area contributed by atoms with Crippen LogP contribution in [0.3, 0.4) is 0 Å². The number of benzene rings is 2. The minimum absolute atomic E-state index is 0.0466. The van der Waals surface area contributed by atoms with Gasteiger partial charge in [-0.05, 0) is 72.7 Å². The quantitative estimate of drug-likeness (QED) is 0.0804. The number of morpholine rings is 1. The number of aromatic nitrogens is 4. The molecule has 3 aliphatic heterocycles. The Kier molecular flexibility index (Phi) is 12.9. The van der Waals surface area contributed by atoms with Crippen LogP contribution in [-0.4, -0.2) is 111 Å². The SMILES string of the molecule is O=C1CCC(N2C[C@H](c3ccc(C#CCN4CCO[C@@H](CNCc5ccc(-n6cc(NC(=O)c7coc(-c8ccnc(NCC9CC9)c8)n7)c(C(F)F)n6)cc5)C4)cc3)OC2=O)C(=O)N1. The molecule has 3 saturated heterocycles. The van der Waals surface area contributed by atoms with Gasteiger partial charge >= 0.3 is 6.09 Å². The molecule has 65 heavy (non-hydrogen) atoms. The lowest BCUT2D eigenvalue weighted by Crippen LogP contribution is -2.52. The molecule has 2 aromatic carbocycles. The Bertz CT molecular complexity index is 2600. The Balaban J connectivity index is 0.724. The summed E-state index contributed by atoms with van der Waals surface area (Å²) in [4.78, 5) is 61.7. The van der Waals surface area contributed by atoms with Crippen molar-refractivity contribution in [2.24, 2.45) is 5.92 Å². The van der Waals surface area contributed by atoms with Crippen LogP contribution in [0.25, 0.3) is 17.1 Å². The van der Waals surface area contributed by atoms with Crippen LogP contribution >= 0.6 is 0 Å². The van der Waals surface area contributed by atoms with E-state index in [0.717, 1.165) is 29.8 Å². The largest absolute Gasteiger partial charge is 0.444 e. The number of halogens is 2. The normalized spacial score (nSPS) is 20.0. The second kappa shape index (κ2) is 19.4. The van der Waals surface area contributed by atoms with E-state index in [2.05, 4.69) is 53.1 Å². The molecule has 0 spiro atoms. The van der Waals surface area contributed by atoms with Gasteiger partial charge in [0.2, 0.25) is 17.7 Å². The summed E-state index contributed by atoms with van der Waals surface area (Å²) in [7, 11) is 0. The first-order valence-electron chi connectivity index (χ1n) is 21.5. The third-order valence-corrected chi connectivity index (χ3v) is 11.6. The Labute approximate surface area is 372 Å². The van der Waals surface area contributed by atoms with E-state index >= 15 is 0 Å². The number of anilines is 2. The van der Waals surface area contributed by atoms with E-state index in [9.17, 15) is 28.0 Å². The van der Waals surface area contributed by atoms with Crippen molar-refractivity contribution >= 4 is 35.3 Å². The van der Waals surface area contributed by atoms with E-state index < -0.39 is 42.2 Å². The van der Waals surface area contributed by atoms with E-state index in [-0.39, 0.29) is 48.7 Å². The highest BCUT2D eigenvalue weighted by molar-refractivity contribution is 6.03. The number of alkyl halides is 2. The van der Waals surface area contributed by atoms with Crippen LogP contribution < -0.4 is 21.3 Å². The Morgan fingerprint density at radius 3 is 2.62 bits per heavy atom. The van der Waals surface area contributed by atoms with Crippen molar-refractivity contribution in [3.05, 3.63) is 107 Å². The first kappa shape index (κ1) is 43.3. The molecule has 4 amide bonds. The molecule has 5 aromatic rings. The maximum Gasteiger partial charge on any atom is 0.411 e. The van der Waals surface area contributed by atoms with Gasteiger partial charge in [-0.3, -0.25) is 29.5 Å². The fourth-order valence-electron chi connectivity index (χ4n) is 7.82. The maximum atomic E-state index is 14.1. The summed E-state index contributed by atoms with van der Waals surface area (Å²) in [6.07, 6.45) is 2.91. The van der Waals surface area contributed by atoms with Gasteiger partial charge in [-0.1, -0.05) is 36.1 Å². The molecule has 4 aliphatic rings. The third kappa shape index (κ3) is 10.7. The van der Waals surface area contributed by atoms with Crippen LogP contribution in [0.2, 0.25) is 0 Å². The van der Waals surface area contributed by atoms with E-state index in [1.54, 1.807) is 30.5 Å². The average molecular weight is 889 g/mol. The number of carbonyl (C=O) groups excluding carboxylic acids is 4. The molecule has 1 unspecified atom stereocenters. The number of piperidine rings is 1. The number of hydrogen-bond acceptors (Lipinski definition) is 13. The fraction of sp³-hybridized carbons (Fsp3) is 0.370. The predicted octanol–water partition coefficient (Wildman–Crippen LogP) is 5.07. The van der Waals surface area contributed by atoms with E-state index in [1.807, 2.05) is 36.4 Å². The van der Waals surface area contributed by atoms with Crippen molar-refractivity contribution in [1.82, 2.24) is 40.2 Å². The van der Waals surface area contributed by atoms with Crippen LogP contribution in [0.1, 0.15) is 71.1 Å². The summed E-state index contributed by atoms with van der Waals surface area (Å²) in [5.74, 6) is 6.44. The van der Waals surface area contributed by atoms with Gasteiger partial charge in [0.05, 0.1) is 43.4 Å². The summed E-state index contributed by atoms with van der Waals surface area (Å²) in [5.41, 5.74) is 2.93. The highest BCUT2D eigenvalue weighted by Gasteiger charge is 2.42. The smallest absolute Gasteiger partial charge is 0.411 e. The zero-order valence-corrected chi connectivity index (χ0v) is 35.2.